The molecule has 0 spiro atoms. The summed E-state index contributed by atoms with van der Waals surface area (Å²) in [6.45, 7) is 1.28. The number of halogens is 1. The van der Waals surface area contributed by atoms with Crippen LogP contribution in [-0.4, -0.2) is 34.1 Å². The van der Waals surface area contributed by atoms with Crippen LogP contribution in [0.4, 0.5) is 9.52 Å². The number of carbonyl (C=O) groups is 1. The molecule has 0 saturated carbocycles. The zero-order valence-electron chi connectivity index (χ0n) is 11.3. The summed E-state index contributed by atoms with van der Waals surface area (Å²) in [6.07, 6.45) is 1.18. The van der Waals surface area contributed by atoms with Gasteiger partial charge in [0, 0.05) is 25.4 Å². The van der Waals surface area contributed by atoms with Gasteiger partial charge in [0.15, 0.2) is 0 Å². The second-order valence-electron chi connectivity index (χ2n) is 5.10. The fraction of sp³-hybridized carbons (Fsp3) is 0.357. The number of anilines is 1. The molecule has 0 radical (unpaired) electrons. The van der Waals surface area contributed by atoms with Gasteiger partial charge in [0.2, 0.25) is 11.0 Å². The molecule has 1 atom stereocenters. The van der Waals surface area contributed by atoms with Crippen molar-refractivity contribution in [3.8, 4) is 0 Å². The monoisotopic (exact) mass is 306 g/mol. The van der Waals surface area contributed by atoms with E-state index < -0.39 is 0 Å². The fourth-order valence-corrected chi connectivity index (χ4v) is 3.18. The van der Waals surface area contributed by atoms with Gasteiger partial charge in [-0.05, 0) is 24.1 Å². The Labute approximate surface area is 125 Å². The van der Waals surface area contributed by atoms with Crippen molar-refractivity contribution in [1.29, 1.82) is 0 Å². The number of hydrogen-bond acceptors (Lipinski definition) is 5. The molecule has 110 valence electrons. The van der Waals surface area contributed by atoms with E-state index in [2.05, 4.69) is 10.2 Å². The highest BCUT2D eigenvalue weighted by molar-refractivity contribution is 7.15. The number of amides is 1. The quantitative estimate of drug-likeness (QED) is 0.935. The normalized spacial score (nSPS) is 18.4. The highest BCUT2D eigenvalue weighted by Gasteiger charge is 2.32. The molecule has 3 rings (SSSR count). The van der Waals surface area contributed by atoms with E-state index in [1.807, 2.05) is 4.90 Å². The Morgan fingerprint density at radius 1 is 1.33 bits per heavy atom. The van der Waals surface area contributed by atoms with E-state index >= 15 is 0 Å². The summed E-state index contributed by atoms with van der Waals surface area (Å²) in [4.78, 5) is 13.9. The average Bonchev–Trinajstić information content (AvgIpc) is 3.05. The van der Waals surface area contributed by atoms with Crippen LogP contribution in [0, 0.1) is 5.82 Å². The van der Waals surface area contributed by atoms with Crippen molar-refractivity contribution >= 4 is 22.4 Å². The van der Waals surface area contributed by atoms with Gasteiger partial charge in [0.05, 0.1) is 0 Å². The summed E-state index contributed by atoms with van der Waals surface area (Å²) in [6, 6.07) is 6.37. The van der Waals surface area contributed by atoms with Crippen LogP contribution in [-0.2, 0) is 11.2 Å². The van der Waals surface area contributed by atoms with Crippen molar-refractivity contribution in [2.45, 2.75) is 18.8 Å². The second kappa shape index (κ2) is 5.77. The summed E-state index contributed by atoms with van der Waals surface area (Å²) in [5.41, 5.74) is 6.60. The molecule has 0 aliphatic carbocycles. The van der Waals surface area contributed by atoms with Crippen molar-refractivity contribution in [2.24, 2.45) is 0 Å². The number of carbonyl (C=O) groups excluding carboxylic acids is 1. The second-order valence-corrected chi connectivity index (χ2v) is 6.14. The van der Waals surface area contributed by atoms with Gasteiger partial charge in [-0.1, -0.05) is 23.5 Å². The standard InChI is InChI=1S/C14H15FN4OS/c15-11-3-1-9(2-4-11)5-6-19-8-10(7-12(19)20)13-17-18-14(16)21-13/h1-4,10H,5-8H2,(H2,16,18)/t10-/m0/s1. The van der Waals surface area contributed by atoms with E-state index in [0.717, 1.165) is 17.0 Å². The van der Waals surface area contributed by atoms with Crippen molar-refractivity contribution in [2.75, 3.05) is 18.8 Å². The van der Waals surface area contributed by atoms with E-state index in [9.17, 15) is 9.18 Å². The zero-order chi connectivity index (χ0) is 14.8. The molecule has 1 aromatic heterocycles. The van der Waals surface area contributed by atoms with Crippen LogP contribution in [0.15, 0.2) is 24.3 Å². The van der Waals surface area contributed by atoms with Crippen molar-refractivity contribution in [3.63, 3.8) is 0 Å². The third kappa shape index (κ3) is 3.18. The Balaban J connectivity index is 1.59. The lowest BCUT2D eigenvalue weighted by Crippen LogP contribution is -2.27. The highest BCUT2D eigenvalue weighted by Crippen LogP contribution is 2.30. The number of aromatic nitrogens is 2. The van der Waals surface area contributed by atoms with Crippen LogP contribution < -0.4 is 5.73 Å². The first kappa shape index (κ1) is 13.9. The van der Waals surface area contributed by atoms with E-state index in [1.165, 1.54) is 23.5 Å². The van der Waals surface area contributed by atoms with Crippen molar-refractivity contribution in [1.82, 2.24) is 15.1 Å². The molecule has 7 heteroatoms. The summed E-state index contributed by atoms with van der Waals surface area (Å²) in [5.74, 6) is -0.0404. The Hall–Kier alpha value is -2.02. The van der Waals surface area contributed by atoms with Gasteiger partial charge in [-0.15, -0.1) is 10.2 Å². The number of nitrogen functional groups attached to an aromatic ring is 1. The first-order valence-corrected chi connectivity index (χ1v) is 7.54. The maximum Gasteiger partial charge on any atom is 0.223 e. The van der Waals surface area contributed by atoms with Gasteiger partial charge >= 0.3 is 0 Å². The molecule has 2 N–H and O–H groups in total. The van der Waals surface area contributed by atoms with Crippen LogP contribution in [0.2, 0.25) is 0 Å². The molecule has 0 unspecified atom stereocenters. The van der Waals surface area contributed by atoms with E-state index in [0.29, 0.717) is 24.6 Å². The van der Waals surface area contributed by atoms with Crippen LogP contribution in [0.5, 0.6) is 0 Å². The molecule has 0 bridgehead atoms. The maximum absolute atomic E-state index is 12.8. The lowest BCUT2D eigenvalue weighted by molar-refractivity contribution is -0.127. The van der Waals surface area contributed by atoms with E-state index in [1.54, 1.807) is 12.1 Å². The third-order valence-corrected chi connectivity index (χ3v) is 4.52. The first-order valence-electron chi connectivity index (χ1n) is 6.73. The van der Waals surface area contributed by atoms with Crippen LogP contribution in [0.1, 0.15) is 22.9 Å². The predicted molar refractivity (Wildman–Crippen MR) is 78.4 cm³/mol. The average molecular weight is 306 g/mol. The number of hydrogen-bond donors (Lipinski definition) is 1. The molecule has 2 aromatic rings. The van der Waals surface area contributed by atoms with Crippen LogP contribution in [0.3, 0.4) is 0 Å². The molecule has 1 aliphatic rings. The lowest BCUT2D eigenvalue weighted by atomic mass is 10.1. The number of benzene rings is 1. The highest BCUT2D eigenvalue weighted by atomic mass is 32.1. The maximum atomic E-state index is 12.8. The summed E-state index contributed by atoms with van der Waals surface area (Å²) in [5, 5.41) is 9.07. The lowest BCUT2D eigenvalue weighted by Gasteiger charge is -2.16. The topological polar surface area (TPSA) is 72.1 Å². The van der Waals surface area contributed by atoms with Gasteiger partial charge in [-0.3, -0.25) is 4.79 Å². The minimum atomic E-state index is -0.245. The van der Waals surface area contributed by atoms with Crippen LogP contribution >= 0.6 is 11.3 Å². The Bertz CT molecular complexity index is 643. The Morgan fingerprint density at radius 2 is 2.10 bits per heavy atom. The zero-order valence-corrected chi connectivity index (χ0v) is 12.1. The SMILES string of the molecule is Nc1nnc([C@H]2CC(=O)N(CCc3ccc(F)cc3)C2)s1. The van der Waals surface area contributed by atoms with Gasteiger partial charge in [-0.2, -0.15) is 0 Å². The Kier molecular flexibility index (Phi) is 3.83. The third-order valence-electron chi connectivity index (χ3n) is 3.60. The van der Waals surface area contributed by atoms with Gasteiger partial charge in [0.25, 0.3) is 0 Å². The molecule has 1 aliphatic heterocycles. The van der Waals surface area contributed by atoms with Gasteiger partial charge < -0.3 is 10.6 Å². The molecule has 5 nitrogen and oxygen atoms in total. The van der Waals surface area contributed by atoms with E-state index in [-0.39, 0.29) is 17.6 Å². The molecule has 1 saturated heterocycles. The summed E-state index contributed by atoms with van der Waals surface area (Å²) >= 11 is 1.34. The number of likely N-dealkylation sites (tertiary alicyclic amines) is 1. The molecule has 2 heterocycles. The molecule has 1 aromatic carbocycles. The molecule has 1 amide bonds. The van der Waals surface area contributed by atoms with E-state index in [4.69, 9.17) is 5.73 Å². The molecule has 1 fully saturated rings. The predicted octanol–water partition coefficient (Wildman–Crippen LogP) is 1.82. The number of rotatable bonds is 4. The molecular weight excluding hydrogens is 291 g/mol. The largest absolute Gasteiger partial charge is 0.374 e. The number of nitrogens with two attached hydrogens (primary N) is 1. The summed E-state index contributed by atoms with van der Waals surface area (Å²) in [7, 11) is 0. The smallest absolute Gasteiger partial charge is 0.223 e. The van der Waals surface area contributed by atoms with Crippen molar-refractivity contribution < 1.29 is 9.18 Å². The number of nitrogens with zero attached hydrogens (tertiary/aromatic N) is 3. The van der Waals surface area contributed by atoms with Gasteiger partial charge in [-0.25, -0.2) is 4.39 Å². The minimum absolute atomic E-state index is 0.0838. The molecular formula is C14H15FN4OS. The first-order chi connectivity index (χ1) is 10.1. The minimum Gasteiger partial charge on any atom is -0.374 e. The van der Waals surface area contributed by atoms with Crippen molar-refractivity contribution in [3.05, 3.63) is 40.7 Å². The van der Waals surface area contributed by atoms with Crippen LogP contribution in [0.25, 0.3) is 0 Å². The van der Waals surface area contributed by atoms with Gasteiger partial charge in [0.1, 0.15) is 10.8 Å². The Morgan fingerprint density at radius 3 is 2.76 bits per heavy atom. The molecule has 21 heavy (non-hydrogen) atoms. The summed E-state index contributed by atoms with van der Waals surface area (Å²) < 4.78 is 12.8. The fourth-order valence-electron chi connectivity index (χ4n) is 2.48.